The molecule has 8 heteroatoms. The third kappa shape index (κ3) is 4.68. The minimum absolute atomic E-state index is 0.0848. The van der Waals surface area contributed by atoms with E-state index < -0.39 is 5.97 Å². The van der Waals surface area contributed by atoms with Gasteiger partial charge >= 0.3 is 5.97 Å². The molecule has 0 spiro atoms. The van der Waals surface area contributed by atoms with Crippen LogP contribution in [-0.4, -0.2) is 36.7 Å². The van der Waals surface area contributed by atoms with Gasteiger partial charge in [-0.1, -0.05) is 0 Å². The van der Waals surface area contributed by atoms with Gasteiger partial charge in [0.1, 0.15) is 12.7 Å². The van der Waals surface area contributed by atoms with Crippen molar-refractivity contribution < 1.29 is 14.7 Å². The molecular weight excluding hydrogens is 274 g/mol. The summed E-state index contributed by atoms with van der Waals surface area (Å²) in [5.74, 6) is -0.397. The number of unbranched alkanes of at least 4 members (excludes halogenated alkanes) is 1. The first kappa shape index (κ1) is 14.6. The molecule has 2 rings (SSSR count). The van der Waals surface area contributed by atoms with Crippen LogP contribution in [0.1, 0.15) is 25.7 Å². The zero-order valence-corrected chi connectivity index (χ0v) is 11.3. The molecule has 0 atom stereocenters. The predicted octanol–water partition coefficient (Wildman–Crippen LogP) is 1.25. The largest absolute Gasteiger partial charge is 0.481 e. The van der Waals surface area contributed by atoms with E-state index in [9.17, 15) is 9.59 Å². The number of carboxylic acids is 1. The third-order valence-corrected chi connectivity index (χ3v) is 2.73. The summed E-state index contributed by atoms with van der Waals surface area (Å²) in [6.45, 7) is 0. The molecule has 110 valence electrons. The number of amides is 1. The standard InChI is InChI=1S/C13H15N5O3/c19-12(3-1-2-4-13(20)21)17-10-5-6-11(15-7-10)18-9-14-8-16-18/h5-9H,1-4H2,(H,17,19)(H,20,21). The fourth-order valence-electron chi connectivity index (χ4n) is 1.71. The summed E-state index contributed by atoms with van der Waals surface area (Å²) in [5, 5.41) is 15.2. The number of rotatable bonds is 7. The van der Waals surface area contributed by atoms with Gasteiger partial charge in [-0.25, -0.2) is 14.6 Å². The first-order valence-electron chi connectivity index (χ1n) is 6.48. The Balaban J connectivity index is 1.80. The van der Waals surface area contributed by atoms with E-state index in [1.54, 1.807) is 12.1 Å². The molecule has 2 aromatic heterocycles. The molecule has 0 aliphatic carbocycles. The molecule has 2 heterocycles. The number of nitrogens with one attached hydrogen (secondary N) is 1. The second kappa shape index (κ2) is 7.13. The number of aromatic nitrogens is 4. The molecule has 2 aromatic rings. The van der Waals surface area contributed by atoms with Crippen LogP contribution in [0.5, 0.6) is 0 Å². The molecule has 0 fully saturated rings. The molecule has 8 nitrogen and oxygen atoms in total. The Morgan fingerprint density at radius 1 is 1.24 bits per heavy atom. The molecule has 0 radical (unpaired) electrons. The van der Waals surface area contributed by atoms with Gasteiger partial charge in [-0.15, -0.1) is 0 Å². The second-order valence-corrected chi connectivity index (χ2v) is 4.39. The molecule has 0 aliphatic heterocycles. The minimum Gasteiger partial charge on any atom is -0.481 e. The summed E-state index contributed by atoms with van der Waals surface area (Å²) in [4.78, 5) is 30.0. The summed E-state index contributed by atoms with van der Waals surface area (Å²) in [6, 6.07) is 3.44. The van der Waals surface area contributed by atoms with Crippen molar-refractivity contribution in [1.29, 1.82) is 0 Å². The lowest BCUT2D eigenvalue weighted by atomic mass is 10.2. The van der Waals surface area contributed by atoms with Gasteiger partial charge in [0.25, 0.3) is 0 Å². The molecule has 0 unspecified atom stereocenters. The van der Waals surface area contributed by atoms with E-state index in [1.807, 2.05) is 0 Å². The Labute approximate surface area is 120 Å². The Morgan fingerprint density at radius 2 is 2.05 bits per heavy atom. The Hall–Kier alpha value is -2.77. The first-order chi connectivity index (χ1) is 10.1. The summed E-state index contributed by atoms with van der Waals surface area (Å²) in [5.41, 5.74) is 0.585. The maximum atomic E-state index is 11.7. The van der Waals surface area contributed by atoms with Crippen LogP contribution in [0.3, 0.4) is 0 Å². The maximum absolute atomic E-state index is 11.7. The lowest BCUT2D eigenvalue weighted by molar-refractivity contribution is -0.137. The summed E-state index contributed by atoms with van der Waals surface area (Å²) < 4.78 is 1.51. The van der Waals surface area contributed by atoms with Gasteiger partial charge < -0.3 is 10.4 Å². The van der Waals surface area contributed by atoms with Crippen LogP contribution in [0, 0.1) is 0 Å². The second-order valence-electron chi connectivity index (χ2n) is 4.39. The average molecular weight is 289 g/mol. The fourth-order valence-corrected chi connectivity index (χ4v) is 1.71. The number of carbonyl (C=O) groups excluding carboxylic acids is 1. The van der Waals surface area contributed by atoms with E-state index >= 15 is 0 Å². The molecule has 2 N–H and O–H groups in total. The van der Waals surface area contributed by atoms with Gasteiger partial charge in [-0.3, -0.25) is 9.59 Å². The van der Waals surface area contributed by atoms with Crippen molar-refractivity contribution >= 4 is 17.6 Å². The number of carbonyl (C=O) groups is 2. The molecule has 1 amide bonds. The van der Waals surface area contributed by atoms with Crippen molar-refractivity contribution in [1.82, 2.24) is 19.7 Å². The van der Waals surface area contributed by atoms with E-state index in [-0.39, 0.29) is 18.7 Å². The SMILES string of the molecule is O=C(O)CCCCC(=O)Nc1ccc(-n2cncn2)nc1. The third-order valence-electron chi connectivity index (χ3n) is 2.73. The number of hydrogen-bond acceptors (Lipinski definition) is 5. The van der Waals surface area contributed by atoms with E-state index in [2.05, 4.69) is 20.4 Å². The Bertz CT molecular complexity index is 595. The number of pyridine rings is 1. The minimum atomic E-state index is -0.844. The van der Waals surface area contributed by atoms with Crippen LogP contribution in [0.4, 0.5) is 5.69 Å². The van der Waals surface area contributed by atoms with Crippen molar-refractivity contribution in [3.8, 4) is 5.82 Å². The van der Waals surface area contributed by atoms with Gasteiger partial charge in [0.15, 0.2) is 5.82 Å². The zero-order chi connectivity index (χ0) is 15.1. The monoisotopic (exact) mass is 289 g/mol. The van der Waals surface area contributed by atoms with Gasteiger partial charge in [-0.05, 0) is 25.0 Å². The normalized spacial score (nSPS) is 10.3. The first-order valence-corrected chi connectivity index (χ1v) is 6.48. The molecule has 0 aliphatic rings. The van der Waals surface area contributed by atoms with Crippen LogP contribution in [-0.2, 0) is 9.59 Å². The van der Waals surface area contributed by atoms with Crippen LogP contribution in [0.25, 0.3) is 5.82 Å². The summed E-state index contributed by atoms with van der Waals surface area (Å²) >= 11 is 0. The number of hydrogen-bond donors (Lipinski definition) is 2. The van der Waals surface area contributed by atoms with Crippen LogP contribution in [0.15, 0.2) is 31.0 Å². The lowest BCUT2D eigenvalue weighted by Crippen LogP contribution is -2.11. The van der Waals surface area contributed by atoms with E-state index in [0.29, 0.717) is 24.3 Å². The Morgan fingerprint density at radius 3 is 2.67 bits per heavy atom. The lowest BCUT2D eigenvalue weighted by Gasteiger charge is -2.05. The Kier molecular flexibility index (Phi) is 4.97. The molecule has 0 aromatic carbocycles. The number of carboxylic acid groups (broad SMARTS) is 1. The average Bonchev–Trinajstić information content (AvgIpc) is 2.98. The van der Waals surface area contributed by atoms with Crippen molar-refractivity contribution in [2.24, 2.45) is 0 Å². The number of anilines is 1. The van der Waals surface area contributed by atoms with Gasteiger partial charge in [0.05, 0.1) is 11.9 Å². The molecule has 0 bridgehead atoms. The van der Waals surface area contributed by atoms with Crippen molar-refractivity contribution in [3.05, 3.63) is 31.0 Å². The highest BCUT2D eigenvalue weighted by Gasteiger charge is 2.05. The van der Waals surface area contributed by atoms with E-state index in [1.165, 1.54) is 23.5 Å². The predicted molar refractivity (Wildman–Crippen MR) is 73.9 cm³/mol. The topological polar surface area (TPSA) is 110 Å². The number of aliphatic carboxylic acids is 1. The van der Waals surface area contributed by atoms with Crippen LogP contribution in [0.2, 0.25) is 0 Å². The highest BCUT2D eigenvalue weighted by molar-refractivity contribution is 5.90. The summed E-state index contributed by atoms with van der Waals surface area (Å²) in [7, 11) is 0. The maximum Gasteiger partial charge on any atom is 0.303 e. The van der Waals surface area contributed by atoms with Crippen molar-refractivity contribution in [3.63, 3.8) is 0 Å². The van der Waals surface area contributed by atoms with Gasteiger partial charge in [0, 0.05) is 12.8 Å². The quantitative estimate of drug-likeness (QED) is 0.742. The zero-order valence-electron chi connectivity index (χ0n) is 11.3. The fraction of sp³-hybridized carbons (Fsp3) is 0.308. The van der Waals surface area contributed by atoms with Crippen molar-refractivity contribution in [2.75, 3.05) is 5.32 Å². The highest BCUT2D eigenvalue weighted by atomic mass is 16.4. The number of nitrogens with zero attached hydrogens (tertiary/aromatic N) is 4. The molecular formula is C13H15N5O3. The van der Waals surface area contributed by atoms with Crippen LogP contribution >= 0.6 is 0 Å². The molecule has 21 heavy (non-hydrogen) atoms. The van der Waals surface area contributed by atoms with Crippen LogP contribution < -0.4 is 5.32 Å². The van der Waals surface area contributed by atoms with Gasteiger partial charge in [-0.2, -0.15) is 5.10 Å². The smallest absolute Gasteiger partial charge is 0.303 e. The van der Waals surface area contributed by atoms with E-state index in [4.69, 9.17) is 5.11 Å². The van der Waals surface area contributed by atoms with Crippen molar-refractivity contribution in [2.45, 2.75) is 25.7 Å². The molecule has 0 saturated heterocycles. The highest BCUT2D eigenvalue weighted by Crippen LogP contribution is 2.10. The summed E-state index contributed by atoms with van der Waals surface area (Å²) in [6.07, 6.45) is 5.89. The van der Waals surface area contributed by atoms with Gasteiger partial charge in [0.2, 0.25) is 5.91 Å². The van der Waals surface area contributed by atoms with E-state index in [0.717, 1.165) is 0 Å². The molecule has 0 saturated carbocycles.